The average molecular weight is 453 g/mol. The fourth-order valence-corrected chi connectivity index (χ4v) is 8.02. The molecule has 1 aromatic rings. The number of ether oxygens (including phenoxy) is 1. The third kappa shape index (κ3) is 6.02. The first-order valence-corrected chi connectivity index (χ1v) is 11.9. The summed E-state index contributed by atoms with van der Waals surface area (Å²) in [4.78, 5) is 11.1. The van der Waals surface area contributed by atoms with Crippen molar-refractivity contribution in [2.75, 3.05) is 13.7 Å². The van der Waals surface area contributed by atoms with Gasteiger partial charge in [0.05, 0.1) is 0 Å². The molecular formula is C14H20HgO4. The first kappa shape index (κ1) is 16.6. The predicted octanol–water partition coefficient (Wildman–Crippen LogP) is 2.08. The minimum atomic E-state index is -1.88. The summed E-state index contributed by atoms with van der Waals surface area (Å²) in [5.41, 5.74) is 1.18. The van der Waals surface area contributed by atoms with Crippen LogP contribution in [0.2, 0.25) is 0 Å². The Balaban J connectivity index is 2.80. The van der Waals surface area contributed by atoms with Crippen molar-refractivity contribution in [2.45, 2.75) is 29.3 Å². The number of hydrogen-bond donors (Lipinski definition) is 1. The number of benzene rings is 1. The number of carbonyl (C=O) groups excluding carboxylic acids is 1. The van der Waals surface area contributed by atoms with Gasteiger partial charge >= 0.3 is 127 Å². The van der Waals surface area contributed by atoms with Gasteiger partial charge in [-0.3, -0.25) is 0 Å². The molecule has 0 saturated carbocycles. The average Bonchev–Trinajstić information content (AvgIpc) is 2.43. The molecule has 0 aliphatic rings. The zero-order valence-corrected chi connectivity index (χ0v) is 17.0. The first-order chi connectivity index (χ1) is 9.19. The molecule has 1 N–H and O–H groups in total. The van der Waals surface area contributed by atoms with Gasteiger partial charge in [-0.25, -0.2) is 0 Å². The Morgan fingerprint density at radius 3 is 2.58 bits per heavy atom. The van der Waals surface area contributed by atoms with Crippen molar-refractivity contribution in [3.8, 4) is 0 Å². The van der Waals surface area contributed by atoms with Gasteiger partial charge in [0.25, 0.3) is 0 Å². The van der Waals surface area contributed by atoms with Crippen LogP contribution >= 0.6 is 0 Å². The van der Waals surface area contributed by atoms with Crippen molar-refractivity contribution < 1.29 is 42.3 Å². The van der Waals surface area contributed by atoms with Crippen LogP contribution in [0.15, 0.2) is 30.3 Å². The monoisotopic (exact) mass is 454 g/mol. The summed E-state index contributed by atoms with van der Waals surface area (Å²) in [5.74, 6) is -0.195. The molecule has 1 aromatic carbocycles. The zero-order chi connectivity index (χ0) is 14.1. The molecule has 0 bridgehead atoms. The fraction of sp³-hybridized carbons (Fsp3) is 0.500. The van der Waals surface area contributed by atoms with Crippen molar-refractivity contribution in [3.63, 3.8) is 0 Å². The predicted molar refractivity (Wildman–Crippen MR) is 68.1 cm³/mol. The van der Waals surface area contributed by atoms with E-state index in [9.17, 15) is 4.79 Å². The Morgan fingerprint density at radius 2 is 2.05 bits per heavy atom. The molecule has 4 nitrogen and oxygen atoms in total. The first-order valence-electron chi connectivity index (χ1n) is 6.51. The summed E-state index contributed by atoms with van der Waals surface area (Å²) in [7, 11) is 1.68. The van der Waals surface area contributed by atoms with E-state index in [1.807, 2.05) is 18.2 Å². The van der Waals surface area contributed by atoms with E-state index in [4.69, 9.17) is 12.5 Å². The second kappa shape index (κ2) is 9.45. The van der Waals surface area contributed by atoms with E-state index < -0.39 is 25.0 Å². The molecule has 2 unspecified atom stereocenters. The van der Waals surface area contributed by atoms with Gasteiger partial charge in [0.1, 0.15) is 0 Å². The van der Waals surface area contributed by atoms with E-state index in [1.54, 1.807) is 7.11 Å². The summed E-state index contributed by atoms with van der Waals surface area (Å²) >= 11 is -1.88. The Hall–Kier alpha value is -0.455. The zero-order valence-electron chi connectivity index (χ0n) is 11.5. The van der Waals surface area contributed by atoms with Gasteiger partial charge in [-0.2, -0.15) is 0 Å². The van der Waals surface area contributed by atoms with Crippen LogP contribution in [-0.2, 0) is 37.2 Å². The van der Waals surface area contributed by atoms with E-state index in [1.165, 1.54) is 12.5 Å². The molecule has 0 radical (unpaired) electrons. The van der Waals surface area contributed by atoms with Gasteiger partial charge in [-0.15, -0.1) is 0 Å². The summed E-state index contributed by atoms with van der Waals surface area (Å²) in [6, 6.07) is 10.1. The van der Waals surface area contributed by atoms with E-state index in [0.717, 1.165) is 6.42 Å². The maximum absolute atomic E-state index is 11.1. The van der Waals surface area contributed by atoms with Crippen LogP contribution in [0.5, 0.6) is 0 Å². The fourth-order valence-electron chi connectivity index (χ4n) is 2.10. The number of rotatable bonds is 8. The standard InChI is InChI=1S/C12H17O2.C2H4O2.Hg/c1-14-12(8-5-9-13)10-11-6-3-2-4-7-11;1-2(3)4;/h2-4,6-7,10,12-13H,5,8-9H2,1H3;1H3,(H,3,4);/q;;+1/p-1. The van der Waals surface area contributed by atoms with Crippen LogP contribution in [0.4, 0.5) is 0 Å². The van der Waals surface area contributed by atoms with Crippen molar-refractivity contribution in [1.29, 1.82) is 0 Å². The number of aliphatic hydroxyl groups excluding tert-OH is 1. The Bertz CT molecular complexity index is 369. The van der Waals surface area contributed by atoms with Gasteiger partial charge in [0.15, 0.2) is 0 Å². The second-order valence-electron chi connectivity index (χ2n) is 4.46. The number of carbonyl (C=O) groups is 1. The number of aliphatic hydroxyl groups is 1. The van der Waals surface area contributed by atoms with E-state index in [0.29, 0.717) is 6.42 Å². The van der Waals surface area contributed by atoms with Crippen LogP contribution in [-0.4, -0.2) is 30.9 Å². The Morgan fingerprint density at radius 1 is 1.37 bits per heavy atom. The molecule has 0 spiro atoms. The second-order valence-corrected chi connectivity index (χ2v) is 10.3. The normalized spacial score (nSPS) is 13.4. The van der Waals surface area contributed by atoms with Crippen molar-refractivity contribution in [3.05, 3.63) is 35.9 Å². The summed E-state index contributed by atoms with van der Waals surface area (Å²) in [6.45, 7) is 1.61. The molecule has 0 aliphatic heterocycles. The Labute approximate surface area is 127 Å². The van der Waals surface area contributed by atoms with Crippen molar-refractivity contribution in [1.82, 2.24) is 0 Å². The molecule has 0 aliphatic carbocycles. The molecule has 0 saturated heterocycles. The third-order valence-corrected chi connectivity index (χ3v) is 10.6. The van der Waals surface area contributed by atoms with Crippen LogP contribution in [0, 0.1) is 0 Å². The van der Waals surface area contributed by atoms with Crippen LogP contribution in [0.1, 0.15) is 28.8 Å². The van der Waals surface area contributed by atoms with Crippen LogP contribution in [0.3, 0.4) is 0 Å². The molecule has 0 heterocycles. The third-order valence-electron chi connectivity index (χ3n) is 3.09. The van der Waals surface area contributed by atoms with Crippen LogP contribution < -0.4 is 0 Å². The van der Waals surface area contributed by atoms with E-state index in [-0.39, 0.29) is 22.1 Å². The number of methoxy groups -OCH3 is 1. The van der Waals surface area contributed by atoms with Gasteiger partial charge in [-0.1, -0.05) is 0 Å². The number of hydrogen-bond acceptors (Lipinski definition) is 4. The molecular weight excluding hydrogens is 433 g/mol. The molecule has 102 valence electrons. The summed E-state index contributed by atoms with van der Waals surface area (Å²) in [5, 5.41) is 8.96. The topological polar surface area (TPSA) is 55.8 Å². The van der Waals surface area contributed by atoms with Gasteiger partial charge in [-0.05, 0) is 0 Å². The summed E-state index contributed by atoms with van der Waals surface area (Å²) < 4.78 is 11.1. The summed E-state index contributed by atoms with van der Waals surface area (Å²) in [6.07, 6.45) is 1.51. The quantitative estimate of drug-likeness (QED) is 0.614. The van der Waals surface area contributed by atoms with Crippen molar-refractivity contribution >= 4 is 5.97 Å². The molecule has 2 atom stereocenters. The maximum atomic E-state index is 11.1. The molecule has 0 aromatic heterocycles. The van der Waals surface area contributed by atoms with Gasteiger partial charge in [0, 0.05) is 0 Å². The van der Waals surface area contributed by atoms with Gasteiger partial charge < -0.3 is 0 Å². The van der Waals surface area contributed by atoms with E-state index >= 15 is 0 Å². The Kier molecular flexibility index (Phi) is 8.25. The molecule has 19 heavy (non-hydrogen) atoms. The van der Waals surface area contributed by atoms with Gasteiger partial charge in [0.2, 0.25) is 0 Å². The molecule has 1 rings (SSSR count). The SMILES string of the molecule is COC(CCCO)[CH]([Hg][O]C(C)=O)c1ccccc1. The molecule has 0 fully saturated rings. The molecule has 5 heteroatoms. The molecule has 0 amide bonds. The minimum absolute atomic E-state index is 0.0237. The van der Waals surface area contributed by atoms with Crippen LogP contribution in [0.25, 0.3) is 0 Å². The van der Waals surface area contributed by atoms with Crippen molar-refractivity contribution in [2.24, 2.45) is 0 Å². The van der Waals surface area contributed by atoms with E-state index in [2.05, 4.69) is 12.1 Å².